The van der Waals surface area contributed by atoms with Crippen molar-refractivity contribution in [1.82, 2.24) is 5.32 Å². The molecule has 0 aliphatic heterocycles. The average Bonchev–Trinajstić information content (AvgIpc) is 2.33. The lowest BCUT2D eigenvalue weighted by Gasteiger charge is -2.23. The molecule has 1 aliphatic carbocycles. The zero-order chi connectivity index (χ0) is 11.6. The summed E-state index contributed by atoms with van der Waals surface area (Å²) in [7, 11) is 1.73. The van der Waals surface area contributed by atoms with E-state index in [2.05, 4.69) is 12.2 Å². The van der Waals surface area contributed by atoms with E-state index < -0.39 is 0 Å². The molecule has 1 rings (SSSR count). The van der Waals surface area contributed by atoms with E-state index in [1.54, 1.807) is 7.11 Å². The minimum absolute atomic E-state index is 0.318. The predicted octanol–water partition coefficient (Wildman–Crippen LogP) is 2.21. The summed E-state index contributed by atoms with van der Waals surface area (Å²) in [6.07, 6.45) is 7.26. The molecule has 0 heterocycles. The van der Waals surface area contributed by atoms with Gasteiger partial charge in [-0.15, -0.1) is 0 Å². The molecule has 0 aromatic carbocycles. The summed E-state index contributed by atoms with van der Waals surface area (Å²) in [5.41, 5.74) is 0. The van der Waals surface area contributed by atoms with Crippen LogP contribution in [0.5, 0.6) is 0 Å². The molecule has 0 radical (unpaired) electrons. The molecule has 1 aliphatic rings. The van der Waals surface area contributed by atoms with Crippen LogP contribution in [-0.2, 0) is 9.47 Å². The van der Waals surface area contributed by atoms with E-state index in [4.69, 9.17) is 9.47 Å². The number of ether oxygens (including phenoxy) is 2. The maximum Gasteiger partial charge on any atom is 0.0671 e. The van der Waals surface area contributed by atoms with Gasteiger partial charge in [0.2, 0.25) is 0 Å². The Hall–Kier alpha value is -0.120. The third-order valence-corrected chi connectivity index (χ3v) is 3.26. The fourth-order valence-corrected chi connectivity index (χ4v) is 2.19. The number of hydrogen-bond donors (Lipinski definition) is 1. The van der Waals surface area contributed by atoms with Gasteiger partial charge in [-0.1, -0.05) is 19.3 Å². The monoisotopic (exact) mass is 229 g/mol. The van der Waals surface area contributed by atoms with Gasteiger partial charge in [0.1, 0.15) is 0 Å². The minimum atomic E-state index is 0.318. The quantitative estimate of drug-likeness (QED) is 0.647. The maximum atomic E-state index is 5.86. The Labute approximate surface area is 99.9 Å². The first-order valence-corrected chi connectivity index (χ1v) is 6.64. The van der Waals surface area contributed by atoms with Gasteiger partial charge < -0.3 is 14.8 Å². The van der Waals surface area contributed by atoms with Gasteiger partial charge in [0.25, 0.3) is 0 Å². The van der Waals surface area contributed by atoms with Crippen LogP contribution in [-0.4, -0.2) is 39.5 Å². The molecule has 1 N–H and O–H groups in total. The summed E-state index contributed by atoms with van der Waals surface area (Å²) in [6, 6.07) is 0. The van der Waals surface area contributed by atoms with E-state index in [-0.39, 0.29) is 0 Å². The summed E-state index contributed by atoms with van der Waals surface area (Å²) in [6.45, 7) is 5.70. The molecule has 0 bridgehead atoms. The molecule has 3 heteroatoms. The van der Waals surface area contributed by atoms with Crippen molar-refractivity contribution in [2.24, 2.45) is 5.92 Å². The van der Waals surface area contributed by atoms with E-state index >= 15 is 0 Å². The number of nitrogens with one attached hydrogen (secondary N) is 1. The molecule has 0 aromatic heterocycles. The zero-order valence-corrected chi connectivity index (χ0v) is 10.8. The van der Waals surface area contributed by atoms with Crippen molar-refractivity contribution in [2.45, 2.75) is 45.1 Å². The van der Waals surface area contributed by atoms with Gasteiger partial charge >= 0.3 is 0 Å². The highest BCUT2D eigenvalue weighted by Gasteiger charge is 2.14. The molecule has 3 nitrogen and oxygen atoms in total. The van der Waals surface area contributed by atoms with Gasteiger partial charge in [-0.05, 0) is 25.7 Å². The Kier molecular flexibility index (Phi) is 7.81. The van der Waals surface area contributed by atoms with Crippen molar-refractivity contribution >= 4 is 0 Å². The Morgan fingerprint density at radius 1 is 1.25 bits per heavy atom. The van der Waals surface area contributed by atoms with Gasteiger partial charge in [0.05, 0.1) is 12.7 Å². The standard InChI is InChI=1S/C13H27NO2/c1-12(10-14-8-9-15-2)16-11-13-6-4-3-5-7-13/h12-14H,3-11H2,1-2H3. The third kappa shape index (κ3) is 6.46. The maximum absolute atomic E-state index is 5.86. The third-order valence-electron chi connectivity index (χ3n) is 3.26. The van der Waals surface area contributed by atoms with Crippen LogP contribution in [0.3, 0.4) is 0 Å². The lowest BCUT2D eigenvalue weighted by atomic mass is 9.90. The first-order chi connectivity index (χ1) is 7.83. The van der Waals surface area contributed by atoms with Gasteiger partial charge in [-0.25, -0.2) is 0 Å². The van der Waals surface area contributed by atoms with Gasteiger partial charge in [-0.2, -0.15) is 0 Å². The van der Waals surface area contributed by atoms with E-state index in [1.165, 1.54) is 32.1 Å². The summed E-state index contributed by atoms with van der Waals surface area (Å²) >= 11 is 0. The van der Waals surface area contributed by atoms with Crippen molar-refractivity contribution in [3.8, 4) is 0 Å². The Balaban J connectivity index is 1.94. The van der Waals surface area contributed by atoms with E-state index in [1.807, 2.05) is 0 Å². The summed E-state index contributed by atoms with van der Waals surface area (Å²) in [5, 5.41) is 3.32. The molecule has 16 heavy (non-hydrogen) atoms. The number of rotatable bonds is 8. The lowest BCUT2D eigenvalue weighted by Crippen LogP contribution is -2.30. The largest absolute Gasteiger partial charge is 0.383 e. The molecule has 0 saturated heterocycles. The van der Waals surface area contributed by atoms with E-state index in [0.717, 1.165) is 32.2 Å². The highest BCUT2D eigenvalue weighted by molar-refractivity contribution is 4.66. The molecule has 0 amide bonds. The SMILES string of the molecule is COCCNCC(C)OCC1CCCCC1. The minimum Gasteiger partial charge on any atom is -0.383 e. The number of methoxy groups -OCH3 is 1. The highest BCUT2D eigenvalue weighted by Crippen LogP contribution is 2.23. The zero-order valence-electron chi connectivity index (χ0n) is 10.8. The molecule has 0 spiro atoms. The van der Waals surface area contributed by atoms with Gasteiger partial charge in [0, 0.05) is 26.8 Å². The molecular weight excluding hydrogens is 202 g/mol. The molecule has 96 valence electrons. The van der Waals surface area contributed by atoms with Crippen molar-refractivity contribution in [3.63, 3.8) is 0 Å². The molecule has 1 unspecified atom stereocenters. The second-order valence-electron chi connectivity index (χ2n) is 4.84. The lowest BCUT2D eigenvalue weighted by molar-refractivity contribution is 0.0307. The van der Waals surface area contributed by atoms with Crippen LogP contribution in [0.1, 0.15) is 39.0 Å². The molecular formula is C13H27NO2. The van der Waals surface area contributed by atoms with Crippen molar-refractivity contribution < 1.29 is 9.47 Å². The number of hydrogen-bond acceptors (Lipinski definition) is 3. The van der Waals surface area contributed by atoms with Crippen molar-refractivity contribution in [3.05, 3.63) is 0 Å². The smallest absolute Gasteiger partial charge is 0.0671 e. The highest BCUT2D eigenvalue weighted by atomic mass is 16.5. The normalized spacial score (nSPS) is 19.9. The molecule has 1 atom stereocenters. The van der Waals surface area contributed by atoms with Crippen LogP contribution >= 0.6 is 0 Å². The first-order valence-electron chi connectivity index (χ1n) is 6.64. The average molecular weight is 229 g/mol. The van der Waals surface area contributed by atoms with E-state index in [0.29, 0.717) is 6.10 Å². The molecule has 0 aromatic rings. The van der Waals surface area contributed by atoms with E-state index in [9.17, 15) is 0 Å². The predicted molar refractivity (Wildman–Crippen MR) is 66.7 cm³/mol. The van der Waals surface area contributed by atoms with Crippen LogP contribution in [0, 0.1) is 5.92 Å². The van der Waals surface area contributed by atoms with Crippen LogP contribution in [0.4, 0.5) is 0 Å². The fourth-order valence-electron chi connectivity index (χ4n) is 2.19. The van der Waals surface area contributed by atoms with Gasteiger partial charge in [-0.3, -0.25) is 0 Å². The molecule has 1 saturated carbocycles. The van der Waals surface area contributed by atoms with Crippen LogP contribution in [0.15, 0.2) is 0 Å². The Morgan fingerprint density at radius 3 is 2.69 bits per heavy atom. The Morgan fingerprint density at radius 2 is 2.00 bits per heavy atom. The summed E-state index contributed by atoms with van der Waals surface area (Å²) in [5.74, 6) is 0.815. The van der Waals surface area contributed by atoms with Crippen LogP contribution in [0.2, 0.25) is 0 Å². The second-order valence-corrected chi connectivity index (χ2v) is 4.84. The second kappa shape index (κ2) is 8.97. The van der Waals surface area contributed by atoms with Crippen LogP contribution < -0.4 is 5.32 Å². The fraction of sp³-hybridized carbons (Fsp3) is 1.00. The first kappa shape index (κ1) is 13.9. The summed E-state index contributed by atoms with van der Waals surface area (Å²) in [4.78, 5) is 0. The van der Waals surface area contributed by atoms with Crippen molar-refractivity contribution in [1.29, 1.82) is 0 Å². The van der Waals surface area contributed by atoms with Crippen LogP contribution in [0.25, 0.3) is 0 Å². The molecule has 1 fully saturated rings. The van der Waals surface area contributed by atoms with Gasteiger partial charge in [0.15, 0.2) is 0 Å². The summed E-state index contributed by atoms with van der Waals surface area (Å²) < 4.78 is 10.8. The topological polar surface area (TPSA) is 30.5 Å². The Bertz CT molecular complexity index is 158. The van der Waals surface area contributed by atoms with Crippen molar-refractivity contribution in [2.75, 3.05) is 33.4 Å².